The number of hydrogen-bond acceptors (Lipinski definition) is 1. The minimum Gasteiger partial charge on any atom is -0.381 e. The van der Waals surface area contributed by atoms with Gasteiger partial charge in [0.15, 0.2) is 0 Å². The van der Waals surface area contributed by atoms with E-state index in [2.05, 4.69) is 6.07 Å². The predicted octanol–water partition coefficient (Wildman–Crippen LogP) is 3.92. The Bertz CT molecular complexity index is 346. The maximum atomic E-state index is 6.11. The van der Waals surface area contributed by atoms with Gasteiger partial charge in [0.05, 0.1) is 6.61 Å². The summed E-state index contributed by atoms with van der Waals surface area (Å²) in [5.41, 5.74) is 1.35. The van der Waals surface area contributed by atoms with E-state index in [0.717, 1.165) is 37.5 Å². The Morgan fingerprint density at radius 1 is 1.38 bits per heavy atom. The average molecular weight is 259 g/mol. The number of rotatable bonds is 3. The van der Waals surface area contributed by atoms with Gasteiger partial charge in [-0.05, 0) is 37.0 Å². The molecule has 1 atom stereocenters. The lowest BCUT2D eigenvalue weighted by Gasteiger charge is -2.35. The Balaban J connectivity index is 2.11. The van der Waals surface area contributed by atoms with Gasteiger partial charge in [-0.3, -0.25) is 0 Å². The van der Waals surface area contributed by atoms with Crippen molar-refractivity contribution in [2.75, 3.05) is 19.1 Å². The van der Waals surface area contributed by atoms with Crippen LogP contribution < -0.4 is 0 Å². The highest BCUT2D eigenvalue weighted by atomic mass is 35.5. The maximum absolute atomic E-state index is 6.11. The molecular weight excluding hydrogens is 243 g/mol. The molecular formula is C13H16Cl2O. The third kappa shape index (κ3) is 2.91. The van der Waals surface area contributed by atoms with E-state index in [1.54, 1.807) is 0 Å². The Kier molecular flexibility index (Phi) is 4.12. The van der Waals surface area contributed by atoms with Crippen molar-refractivity contribution in [3.05, 3.63) is 34.9 Å². The van der Waals surface area contributed by atoms with E-state index in [1.165, 1.54) is 5.56 Å². The molecule has 1 aliphatic rings. The van der Waals surface area contributed by atoms with Crippen molar-refractivity contribution in [2.24, 2.45) is 5.41 Å². The number of hydrogen-bond donors (Lipinski definition) is 0. The molecule has 1 unspecified atom stereocenters. The zero-order valence-electron chi connectivity index (χ0n) is 9.22. The first kappa shape index (κ1) is 12.2. The molecule has 1 saturated heterocycles. The third-order valence-corrected chi connectivity index (χ3v) is 3.96. The Morgan fingerprint density at radius 3 is 2.88 bits per heavy atom. The molecule has 0 aliphatic carbocycles. The first-order valence-electron chi connectivity index (χ1n) is 5.62. The maximum Gasteiger partial charge on any atom is 0.0537 e. The van der Waals surface area contributed by atoms with Crippen molar-refractivity contribution >= 4 is 23.2 Å². The molecule has 0 N–H and O–H groups in total. The van der Waals surface area contributed by atoms with E-state index >= 15 is 0 Å². The van der Waals surface area contributed by atoms with Gasteiger partial charge in [-0.15, -0.1) is 11.6 Å². The van der Waals surface area contributed by atoms with Gasteiger partial charge in [0.1, 0.15) is 0 Å². The van der Waals surface area contributed by atoms with Gasteiger partial charge < -0.3 is 4.74 Å². The molecule has 1 aromatic carbocycles. The quantitative estimate of drug-likeness (QED) is 0.747. The summed E-state index contributed by atoms with van der Waals surface area (Å²) in [5.74, 6) is 0.652. The highest BCUT2D eigenvalue weighted by Crippen LogP contribution is 2.34. The molecule has 1 heterocycles. The van der Waals surface area contributed by atoms with Gasteiger partial charge in [0.25, 0.3) is 0 Å². The molecule has 0 saturated carbocycles. The molecule has 1 aromatic rings. The molecule has 0 aromatic heterocycles. The Morgan fingerprint density at radius 2 is 2.25 bits per heavy atom. The number of benzene rings is 1. The van der Waals surface area contributed by atoms with Crippen molar-refractivity contribution in [1.82, 2.24) is 0 Å². The molecule has 0 bridgehead atoms. The summed E-state index contributed by atoms with van der Waals surface area (Å²) in [4.78, 5) is 0. The van der Waals surface area contributed by atoms with Crippen molar-refractivity contribution in [1.29, 1.82) is 0 Å². The van der Waals surface area contributed by atoms with Crippen LogP contribution in [0, 0.1) is 5.41 Å². The minimum atomic E-state index is 0.102. The van der Waals surface area contributed by atoms with E-state index in [9.17, 15) is 0 Å². The van der Waals surface area contributed by atoms with E-state index in [4.69, 9.17) is 27.9 Å². The minimum absolute atomic E-state index is 0.102. The van der Waals surface area contributed by atoms with E-state index < -0.39 is 0 Å². The highest BCUT2D eigenvalue weighted by Gasteiger charge is 2.32. The molecule has 3 heteroatoms. The summed E-state index contributed by atoms with van der Waals surface area (Å²) in [6, 6.07) is 8.01. The SMILES string of the molecule is ClCC1(Cc2cccc(Cl)c2)CCCOC1. The molecule has 1 nitrogen and oxygen atoms in total. The van der Waals surface area contributed by atoms with Crippen molar-refractivity contribution in [3.63, 3.8) is 0 Å². The van der Waals surface area contributed by atoms with Crippen molar-refractivity contribution < 1.29 is 4.74 Å². The van der Waals surface area contributed by atoms with Crippen LogP contribution in [0.5, 0.6) is 0 Å². The number of alkyl halides is 1. The number of halogens is 2. The molecule has 88 valence electrons. The average Bonchev–Trinajstić information content (AvgIpc) is 2.30. The molecule has 0 amide bonds. The van der Waals surface area contributed by atoms with Gasteiger partial charge in [-0.25, -0.2) is 0 Å². The Hall–Kier alpha value is -0.240. The van der Waals surface area contributed by atoms with Crippen LogP contribution in [0.25, 0.3) is 0 Å². The Labute approximate surface area is 107 Å². The largest absolute Gasteiger partial charge is 0.381 e. The highest BCUT2D eigenvalue weighted by molar-refractivity contribution is 6.30. The summed E-state index contributed by atoms with van der Waals surface area (Å²) < 4.78 is 5.56. The van der Waals surface area contributed by atoms with Crippen LogP contribution >= 0.6 is 23.2 Å². The molecule has 0 radical (unpaired) electrons. The van der Waals surface area contributed by atoms with E-state index in [-0.39, 0.29) is 5.41 Å². The summed E-state index contributed by atoms with van der Waals surface area (Å²) >= 11 is 12.1. The van der Waals surface area contributed by atoms with Crippen molar-refractivity contribution in [2.45, 2.75) is 19.3 Å². The molecule has 0 spiro atoms. The van der Waals surface area contributed by atoms with Crippen molar-refractivity contribution in [3.8, 4) is 0 Å². The summed E-state index contributed by atoms with van der Waals surface area (Å²) in [7, 11) is 0. The standard InChI is InChI=1S/C13H16Cl2O/c14-9-13(5-2-6-16-10-13)8-11-3-1-4-12(15)7-11/h1,3-4,7H,2,5-6,8-10H2. The molecule has 1 fully saturated rings. The lowest BCUT2D eigenvalue weighted by Crippen LogP contribution is -2.35. The van der Waals surface area contributed by atoms with E-state index in [0.29, 0.717) is 5.88 Å². The first-order chi connectivity index (χ1) is 7.74. The lowest BCUT2D eigenvalue weighted by atomic mass is 9.79. The smallest absolute Gasteiger partial charge is 0.0537 e. The lowest BCUT2D eigenvalue weighted by molar-refractivity contribution is 0.00478. The second-order valence-electron chi connectivity index (χ2n) is 4.60. The normalized spacial score (nSPS) is 25.6. The van der Waals surface area contributed by atoms with Gasteiger partial charge >= 0.3 is 0 Å². The van der Waals surface area contributed by atoms with Gasteiger partial charge in [0, 0.05) is 22.9 Å². The fourth-order valence-corrected chi connectivity index (χ4v) is 2.80. The van der Waals surface area contributed by atoms with E-state index in [1.807, 2.05) is 18.2 Å². The molecule has 2 rings (SSSR count). The van der Waals surface area contributed by atoms with Crippen LogP contribution in [0.4, 0.5) is 0 Å². The van der Waals surface area contributed by atoms with Crippen LogP contribution in [-0.2, 0) is 11.2 Å². The van der Waals surface area contributed by atoms with Gasteiger partial charge in [-0.2, -0.15) is 0 Å². The predicted molar refractivity (Wildman–Crippen MR) is 68.4 cm³/mol. The van der Waals surface area contributed by atoms with Crippen LogP contribution in [0.2, 0.25) is 5.02 Å². The summed E-state index contributed by atoms with van der Waals surface area (Å²) in [6.45, 7) is 1.64. The molecule has 1 aliphatic heterocycles. The van der Waals surface area contributed by atoms with Crippen LogP contribution in [-0.4, -0.2) is 19.1 Å². The topological polar surface area (TPSA) is 9.23 Å². The monoisotopic (exact) mass is 258 g/mol. The zero-order chi connectivity index (χ0) is 11.4. The van der Waals surface area contributed by atoms with Crippen LogP contribution in [0.3, 0.4) is 0 Å². The second kappa shape index (κ2) is 5.39. The van der Waals surface area contributed by atoms with Crippen LogP contribution in [0.15, 0.2) is 24.3 Å². The number of ether oxygens (including phenoxy) is 1. The first-order valence-corrected chi connectivity index (χ1v) is 6.54. The fourth-order valence-electron chi connectivity index (χ4n) is 2.28. The molecule has 16 heavy (non-hydrogen) atoms. The van der Waals surface area contributed by atoms with Crippen LogP contribution in [0.1, 0.15) is 18.4 Å². The van der Waals surface area contributed by atoms with Gasteiger partial charge in [-0.1, -0.05) is 23.7 Å². The van der Waals surface area contributed by atoms with Gasteiger partial charge in [0.2, 0.25) is 0 Å². The fraction of sp³-hybridized carbons (Fsp3) is 0.538. The summed E-state index contributed by atoms with van der Waals surface area (Å²) in [6.07, 6.45) is 3.20. The summed E-state index contributed by atoms with van der Waals surface area (Å²) in [5, 5.41) is 0.791. The second-order valence-corrected chi connectivity index (χ2v) is 5.30. The third-order valence-electron chi connectivity index (χ3n) is 3.16. The zero-order valence-corrected chi connectivity index (χ0v) is 10.7.